The minimum Gasteiger partial charge on any atom is -0.489 e. The van der Waals surface area contributed by atoms with E-state index < -0.39 is 27.7 Å². The van der Waals surface area contributed by atoms with Gasteiger partial charge >= 0.3 is 0 Å². The van der Waals surface area contributed by atoms with Gasteiger partial charge in [-0.3, -0.25) is 4.79 Å². The molecule has 0 heterocycles. The number of benzene rings is 4. The van der Waals surface area contributed by atoms with Crippen molar-refractivity contribution >= 4 is 46.3 Å². The number of rotatable bonds is 13. The normalized spacial score (nSPS) is 13.5. The molecule has 2 saturated carbocycles. The van der Waals surface area contributed by atoms with Crippen LogP contribution in [0.1, 0.15) is 98.6 Å². The van der Waals surface area contributed by atoms with E-state index in [1.165, 1.54) is 49.3 Å². The number of hydrogen-bond donors (Lipinski definition) is 0. The highest BCUT2D eigenvalue weighted by molar-refractivity contribution is 9.10. The van der Waals surface area contributed by atoms with Gasteiger partial charge in [-0.1, -0.05) is 55.5 Å². The van der Waals surface area contributed by atoms with Crippen LogP contribution in [0.2, 0.25) is 0 Å². The number of aryl methyl sites for hydroxylation is 2. The number of carbonyl (C=O) groups is 2. The van der Waals surface area contributed by atoms with E-state index in [9.17, 15) is 22.4 Å². The van der Waals surface area contributed by atoms with Gasteiger partial charge in [0.1, 0.15) is 12.0 Å². The lowest BCUT2D eigenvalue weighted by Crippen LogP contribution is -2.22. The summed E-state index contributed by atoms with van der Waals surface area (Å²) in [5.74, 6) is -4.22. The highest BCUT2D eigenvalue weighted by Crippen LogP contribution is 2.46. The maximum atomic E-state index is 14.0. The van der Waals surface area contributed by atoms with Crippen LogP contribution in [0.15, 0.2) is 70.0 Å². The Morgan fingerprint density at radius 1 is 0.849 bits per heavy atom. The van der Waals surface area contributed by atoms with E-state index >= 15 is 0 Å². The fraction of sp³-hybridized carbons (Fsp3) is 0.381. The first kappa shape index (κ1) is 42.1. The van der Waals surface area contributed by atoms with Crippen LogP contribution in [0, 0.1) is 37.1 Å². The molecule has 0 aliphatic heterocycles. The van der Waals surface area contributed by atoms with Gasteiger partial charge < -0.3 is 14.4 Å². The highest BCUT2D eigenvalue weighted by atomic mass is 79.9. The smallest absolute Gasteiger partial charge is 0.214 e. The number of carbonyl (C=O) groups excluding carboxylic acids is 2. The molecular weight excluding hydrogens is 768 g/mol. The van der Waals surface area contributed by atoms with Crippen molar-refractivity contribution in [2.24, 2.45) is 0 Å². The van der Waals surface area contributed by atoms with E-state index in [2.05, 4.69) is 34.1 Å². The molecule has 0 saturated heterocycles. The lowest BCUT2D eigenvalue weighted by atomic mass is 9.99. The van der Waals surface area contributed by atoms with Crippen molar-refractivity contribution in [3.8, 4) is 5.75 Å². The average Bonchev–Trinajstić information content (AvgIpc) is 4.06. The van der Waals surface area contributed by atoms with Crippen molar-refractivity contribution < 1.29 is 31.9 Å². The van der Waals surface area contributed by atoms with E-state index in [4.69, 9.17) is 9.53 Å². The zero-order valence-corrected chi connectivity index (χ0v) is 33.4. The second-order valence-electron chi connectivity index (χ2n) is 13.5. The summed E-state index contributed by atoms with van der Waals surface area (Å²) >= 11 is 3.65. The summed E-state index contributed by atoms with van der Waals surface area (Å²) in [6.45, 7) is 12.8. The monoisotopic (exact) mass is 814 g/mol. The van der Waals surface area contributed by atoms with Crippen molar-refractivity contribution in [2.45, 2.75) is 103 Å². The quantitative estimate of drug-likeness (QED) is 0.0442. The topological polar surface area (TPSA) is 49.9 Å². The lowest BCUT2D eigenvalue weighted by molar-refractivity contribution is -0.107. The van der Waals surface area contributed by atoms with Crippen molar-refractivity contribution in [1.82, 2.24) is 4.31 Å². The maximum Gasteiger partial charge on any atom is 0.214 e. The number of aldehydes is 1. The Labute approximate surface area is 323 Å². The zero-order valence-electron chi connectivity index (χ0n) is 31.0. The van der Waals surface area contributed by atoms with Crippen molar-refractivity contribution in [3.05, 3.63) is 122 Å². The van der Waals surface area contributed by atoms with E-state index in [1.54, 1.807) is 9.21 Å². The van der Waals surface area contributed by atoms with Crippen molar-refractivity contribution in [1.29, 1.82) is 0 Å². The van der Waals surface area contributed by atoms with E-state index in [0.29, 0.717) is 19.6 Å². The maximum absolute atomic E-state index is 14.0. The Kier molecular flexibility index (Phi) is 15.6. The number of ether oxygens (including phenoxy) is 1. The lowest BCUT2D eigenvalue weighted by Gasteiger charge is -2.23. The van der Waals surface area contributed by atoms with Crippen molar-refractivity contribution in [3.63, 3.8) is 0 Å². The molecule has 0 unspecified atom stereocenters. The molecule has 0 bridgehead atoms. The molecule has 0 spiro atoms. The molecule has 11 heteroatoms. The minimum atomic E-state index is -1.82. The molecule has 284 valence electrons. The van der Waals surface area contributed by atoms with Crippen molar-refractivity contribution in [2.75, 3.05) is 11.4 Å². The SMILES string of the molecule is CC=O.CCN(Cc1ccccc1C)Sc1c(F)c(F)c(F)c(F)c1Br.Cc1ccc(N(C=O)Cc2cc(C3CC3)cc(C3CC3)c2)c(OC(C)C)c1. The molecule has 1 amide bonds. The summed E-state index contributed by atoms with van der Waals surface area (Å²) < 4.78 is 61.5. The first-order chi connectivity index (χ1) is 25.3. The number of amides is 1. The molecule has 53 heavy (non-hydrogen) atoms. The summed E-state index contributed by atoms with van der Waals surface area (Å²) in [6, 6.07) is 20.7. The van der Waals surface area contributed by atoms with Gasteiger partial charge in [-0.05, 0) is 146 Å². The minimum absolute atomic E-state index is 0.0683. The predicted octanol–water partition coefficient (Wildman–Crippen LogP) is 11.7. The Morgan fingerprint density at radius 3 is 1.96 bits per heavy atom. The molecule has 4 aromatic rings. The molecular formula is C42H47BrF4N2O3S. The summed E-state index contributed by atoms with van der Waals surface area (Å²) in [4.78, 5) is 22.2. The standard InChI is InChI=1S/C24H29NO2.C16H14BrF4NS.C2H4O/c1-16(2)27-24-10-17(3)4-9-23(24)25(15-26)14-18-11-21(19-5-6-19)13-22(12-18)20-7-8-20;1-3-22(8-10-7-5-4-6-9(10)2)23-16-11(17)12(18)13(19)14(20)15(16)21;1-2-3/h4,9-13,15-16,19-20H,5-8,14H2,1-3H3;4-7H,3,8H2,1-2H3;2H,1H3. The molecule has 2 aliphatic rings. The van der Waals surface area contributed by atoms with E-state index in [-0.39, 0.29) is 11.0 Å². The van der Waals surface area contributed by atoms with Crippen LogP contribution in [-0.2, 0) is 22.7 Å². The van der Waals surface area contributed by atoms with Gasteiger partial charge in [0, 0.05) is 13.1 Å². The van der Waals surface area contributed by atoms with Gasteiger partial charge in [0.2, 0.25) is 6.41 Å². The third-order valence-corrected chi connectivity index (χ3v) is 11.0. The number of anilines is 1. The Bertz CT molecular complexity index is 1820. The first-order valence-electron chi connectivity index (χ1n) is 17.8. The second kappa shape index (κ2) is 19.6. The molecule has 6 rings (SSSR count). The molecule has 2 aliphatic carbocycles. The summed E-state index contributed by atoms with van der Waals surface area (Å²) in [7, 11) is 0. The Morgan fingerprint density at radius 2 is 1.43 bits per heavy atom. The number of nitrogens with zero attached hydrogens (tertiary/aromatic N) is 2. The Hall–Kier alpha value is -3.67. The van der Waals surface area contributed by atoms with Gasteiger partial charge in [0.15, 0.2) is 23.3 Å². The summed E-state index contributed by atoms with van der Waals surface area (Å²) in [6.07, 6.45) is 6.95. The molecule has 0 atom stereocenters. The fourth-order valence-electron chi connectivity index (χ4n) is 5.70. The summed E-state index contributed by atoms with van der Waals surface area (Å²) in [5, 5.41) is 0. The molecule has 0 aromatic heterocycles. The fourth-order valence-corrected chi connectivity index (χ4v) is 7.20. The third kappa shape index (κ3) is 11.7. The second-order valence-corrected chi connectivity index (χ2v) is 15.4. The van der Waals surface area contributed by atoms with Crippen LogP contribution < -0.4 is 9.64 Å². The number of halogens is 5. The largest absolute Gasteiger partial charge is 0.489 e. The van der Waals surface area contributed by atoms with Crippen LogP contribution in [0.25, 0.3) is 0 Å². The van der Waals surface area contributed by atoms with Gasteiger partial charge in [-0.2, -0.15) is 0 Å². The van der Waals surface area contributed by atoms with Gasteiger partial charge in [0.05, 0.1) is 27.7 Å². The first-order valence-corrected chi connectivity index (χ1v) is 19.4. The predicted molar refractivity (Wildman–Crippen MR) is 208 cm³/mol. The van der Waals surface area contributed by atoms with Gasteiger partial charge in [-0.25, -0.2) is 21.9 Å². The zero-order chi connectivity index (χ0) is 38.8. The molecule has 5 nitrogen and oxygen atoms in total. The van der Waals surface area contributed by atoms with Crippen LogP contribution in [0.4, 0.5) is 23.2 Å². The third-order valence-electron chi connectivity index (χ3n) is 8.75. The van der Waals surface area contributed by atoms with Gasteiger partial charge in [0.25, 0.3) is 0 Å². The molecule has 0 radical (unpaired) electrons. The Balaban J connectivity index is 0.000000223. The molecule has 4 aromatic carbocycles. The molecule has 0 N–H and O–H groups in total. The van der Waals surface area contributed by atoms with Crippen LogP contribution in [0.5, 0.6) is 5.75 Å². The van der Waals surface area contributed by atoms with Gasteiger partial charge in [-0.15, -0.1) is 0 Å². The highest BCUT2D eigenvalue weighted by Gasteiger charge is 2.29. The van der Waals surface area contributed by atoms with Crippen LogP contribution in [0.3, 0.4) is 0 Å². The molecule has 2 fully saturated rings. The van der Waals surface area contributed by atoms with E-state index in [0.717, 1.165) is 64.6 Å². The number of hydrogen-bond acceptors (Lipinski definition) is 5. The van der Waals surface area contributed by atoms with Crippen LogP contribution in [-0.4, -0.2) is 29.7 Å². The average molecular weight is 816 g/mol. The van der Waals surface area contributed by atoms with Crippen LogP contribution >= 0.6 is 27.9 Å². The van der Waals surface area contributed by atoms with E-state index in [1.807, 2.05) is 77.1 Å². The summed E-state index contributed by atoms with van der Waals surface area (Å²) in [5.41, 5.74) is 8.19.